The predicted molar refractivity (Wildman–Crippen MR) is 96.4 cm³/mol. The maximum absolute atomic E-state index is 13.2. The van der Waals surface area contributed by atoms with Crippen LogP contribution in [0.15, 0.2) is 41.2 Å². The number of hydrogen-bond donors (Lipinski definition) is 2. The number of H-pyrrole nitrogens is 1. The van der Waals surface area contributed by atoms with Gasteiger partial charge in [-0.1, -0.05) is 12.1 Å². The van der Waals surface area contributed by atoms with E-state index in [1.807, 2.05) is 32.0 Å². The fourth-order valence-corrected chi connectivity index (χ4v) is 2.85. The van der Waals surface area contributed by atoms with Crippen LogP contribution in [0.3, 0.4) is 0 Å². The van der Waals surface area contributed by atoms with Gasteiger partial charge in [0.15, 0.2) is 11.6 Å². The number of aromatic amines is 1. The Bertz CT molecular complexity index is 1060. The van der Waals surface area contributed by atoms with Crippen LogP contribution < -0.4 is 10.9 Å². The molecule has 2 N–H and O–H groups in total. The fraction of sp³-hybridized carbons (Fsp3) is 0.200. The number of aryl methyl sites for hydroxylation is 2. The van der Waals surface area contributed by atoms with Crippen LogP contribution in [0.1, 0.15) is 27.0 Å². The van der Waals surface area contributed by atoms with E-state index in [1.165, 1.54) is 6.07 Å². The Morgan fingerprint density at radius 3 is 2.50 bits per heavy atom. The van der Waals surface area contributed by atoms with Crippen LogP contribution in [0.4, 0.5) is 8.78 Å². The second kappa shape index (κ2) is 7.07. The average molecular weight is 356 g/mol. The van der Waals surface area contributed by atoms with Gasteiger partial charge in [-0.15, -0.1) is 0 Å². The molecular formula is C20H18F2N2O2. The van der Waals surface area contributed by atoms with Gasteiger partial charge < -0.3 is 10.3 Å². The van der Waals surface area contributed by atoms with Gasteiger partial charge in [-0.25, -0.2) is 8.78 Å². The highest BCUT2D eigenvalue weighted by Gasteiger charge is 2.11. The molecule has 0 radical (unpaired) electrons. The zero-order chi connectivity index (χ0) is 18.8. The van der Waals surface area contributed by atoms with Crippen molar-refractivity contribution in [2.24, 2.45) is 0 Å². The highest BCUT2D eigenvalue weighted by atomic mass is 19.2. The number of carbonyl (C=O) groups excluding carboxylic acids is 1. The van der Waals surface area contributed by atoms with E-state index in [9.17, 15) is 18.4 Å². The smallest absolute Gasteiger partial charge is 0.251 e. The molecular weight excluding hydrogens is 338 g/mol. The molecule has 0 saturated carbocycles. The number of amides is 1. The Balaban J connectivity index is 1.74. The maximum Gasteiger partial charge on any atom is 0.251 e. The standard InChI is InChI=1S/C20H18F2N2O2/c1-11-3-4-12(2)18-15(11)9-14(20(26)24-18)7-8-23-19(25)13-5-6-16(21)17(22)10-13/h3-6,9-10H,7-8H2,1-2H3,(H,23,25)(H,24,26). The minimum Gasteiger partial charge on any atom is -0.352 e. The van der Waals surface area contributed by atoms with Crippen molar-refractivity contribution in [3.63, 3.8) is 0 Å². The van der Waals surface area contributed by atoms with Crippen molar-refractivity contribution < 1.29 is 13.6 Å². The minimum absolute atomic E-state index is 0.0304. The second-order valence-corrected chi connectivity index (χ2v) is 6.25. The van der Waals surface area contributed by atoms with E-state index >= 15 is 0 Å². The molecule has 0 saturated heterocycles. The molecule has 2 aromatic carbocycles. The second-order valence-electron chi connectivity index (χ2n) is 6.25. The van der Waals surface area contributed by atoms with Crippen molar-refractivity contribution in [1.29, 1.82) is 0 Å². The summed E-state index contributed by atoms with van der Waals surface area (Å²) >= 11 is 0. The number of fused-ring (bicyclic) bond motifs is 1. The normalized spacial score (nSPS) is 10.9. The van der Waals surface area contributed by atoms with E-state index < -0.39 is 17.5 Å². The van der Waals surface area contributed by atoms with Gasteiger partial charge in [0.2, 0.25) is 0 Å². The number of aromatic nitrogens is 1. The Hall–Kier alpha value is -3.02. The molecule has 0 aliphatic carbocycles. The third-order valence-corrected chi connectivity index (χ3v) is 4.38. The van der Waals surface area contributed by atoms with Crippen molar-refractivity contribution in [3.05, 3.63) is 80.6 Å². The zero-order valence-corrected chi connectivity index (χ0v) is 14.5. The van der Waals surface area contributed by atoms with E-state index in [-0.39, 0.29) is 17.7 Å². The van der Waals surface area contributed by atoms with Crippen molar-refractivity contribution in [1.82, 2.24) is 10.3 Å². The van der Waals surface area contributed by atoms with Gasteiger partial charge in [0.05, 0.1) is 5.52 Å². The van der Waals surface area contributed by atoms with Gasteiger partial charge in [-0.3, -0.25) is 9.59 Å². The van der Waals surface area contributed by atoms with Crippen LogP contribution in [-0.2, 0) is 6.42 Å². The third kappa shape index (κ3) is 3.49. The number of halogens is 2. The molecule has 134 valence electrons. The first kappa shape index (κ1) is 17.8. The summed E-state index contributed by atoms with van der Waals surface area (Å²) in [5.74, 6) is -2.60. The largest absolute Gasteiger partial charge is 0.352 e. The summed E-state index contributed by atoms with van der Waals surface area (Å²) in [5.41, 5.74) is 3.23. The van der Waals surface area contributed by atoms with E-state index in [0.29, 0.717) is 12.0 Å². The lowest BCUT2D eigenvalue weighted by Gasteiger charge is -2.09. The van der Waals surface area contributed by atoms with Gasteiger partial charge >= 0.3 is 0 Å². The first-order chi connectivity index (χ1) is 12.4. The lowest BCUT2D eigenvalue weighted by Crippen LogP contribution is -2.27. The summed E-state index contributed by atoms with van der Waals surface area (Å²) in [7, 11) is 0. The molecule has 4 nitrogen and oxygen atoms in total. The van der Waals surface area contributed by atoms with Crippen LogP contribution in [-0.4, -0.2) is 17.4 Å². The number of nitrogens with one attached hydrogen (secondary N) is 2. The number of hydrogen-bond acceptors (Lipinski definition) is 2. The minimum atomic E-state index is -1.07. The van der Waals surface area contributed by atoms with Gasteiger partial charge in [0, 0.05) is 23.1 Å². The molecule has 0 atom stereocenters. The van der Waals surface area contributed by atoms with E-state index in [1.54, 1.807) is 0 Å². The van der Waals surface area contributed by atoms with E-state index in [0.717, 1.165) is 34.2 Å². The van der Waals surface area contributed by atoms with Crippen LogP contribution in [0.25, 0.3) is 10.9 Å². The molecule has 1 amide bonds. The summed E-state index contributed by atoms with van der Waals surface area (Å²) < 4.78 is 26.1. The molecule has 3 aromatic rings. The summed E-state index contributed by atoms with van der Waals surface area (Å²) in [6.45, 7) is 4.10. The molecule has 6 heteroatoms. The highest BCUT2D eigenvalue weighted by molar-refractivity contribution is 5.94. The van der Waals surface area contributed by atoms with Gasteiger partial charge in [-0.2, -0.15) is 0 Å². The molecule has 0 bridgehead atoms. The molecule has 0 aliphatic heterocycles. The van der Waals surface area contributed by atoms with Crippen LogP contribution in [0.5, 0.6) is 0 Å². The summed E-state index contributed by atoms with van der Waals surface area (Å²) in [4.78, 5) is 27.2. The molecule has 26 heavy (non-hydrogen) atoms. The van der Waals surface area contributed by atoms with Crippen molar-refractivity contribution in [2.75, 3.05) is 6.54 Å². The quantitative estimate of drug-likeness (QED) is 0.753. The number of carbonyl (C=O) groups is 1. The van der Waals surface area contributed by atoms with Crippen molar-refractivity contribution in [3.8, 4) is 0 Å². The van der Waals surface area contributed by atoms with E-state index in [2.05, 4.69) is 10.3 Å². The summed E-state index contributed by atoms with van der Waals surface area (Å²) in [6.07, 6.45) is 0.327. The van der Waals surface area contributed by atoms with E-state index in [4.69, 9.17) is 0 Å². The lowest BCUT2D eigenvalue weighted by atomic mass is 10.0. The molecule has 0 fully saturated rings. The predicted octanol–water partition coefficient (Wildman–Crippen LogP) is 3.40. The van der Waals surface area contributed by atoms with Gasteiger partial charge in [0.25, 0.3) is 11.5 Å². The topological polar surface area (TPSA) is 62.0 Å². The molecule has 1 aromatic heterocycles. The monoisotopic (exact) mass is 356 g/mol. The van der Waals surface area contributed by atoms with Crippen LogP contribution >= 0.6 is 0 Å². The number of benzene rings is 2. The SMILES string of the molecule is Cc1ccc(C)c2[nH]c(=O)c(CCNC(=O)c3ccc(F)c(F)c3)cc12. The first-order valence-corrected chi connectivity index (χ1v) is 8.22. The Morgan fingerprint density at radius 1 is 1.04 bits per heavy atom. The number of pyridine rings is 1. The molecule has 1 heterocycles. The third-order valence-electron chi connectivity index (χ3n) is 4.38. The summed E-state index contributed by atoms with van der Waals surface area (Å²) in [5, 5.41) is 3.58. The highest BCUT2D eigenvalue weighted by Crippen LogP contribution is 2.19. The number of rotatable bonds is 4. The fourth-order valence-electron chi connectivity index (χ4n) is 2.85. The summed E-state index contributed by atoms with van der Waals surface area (Å²) in [6, 6.07) is 8.74. The van der Waals surface area contributed by atoms with Crippen LogP contribution in [0, 0.1) is 25.5 Å². The molecule has 0 unspecified atom stereocenters. The van der Waals surface area contributed by atoms with Crippen molar-refractivity contribution >= 4 is 16.8 Å². The van der Waals surface area contributed by atoms with Crippen molar-refractivity contribution in [2.45, 2.75) is 20.3 Å². The Morgan fingerprint density at radius 2 is 1.77 bits per heavy atom. The van der Waals surface area contributed by atoms with Crippen LogP contribution in [0.2, 0.25) is 0 Å². The lowest BCUT2D eigenvalue weighted by molar-refractivity contribution is 0.0953. The van der Waals surface area contributed by atoms with Gasteiger partial charge in [0.1, 0.15) is 0 Å². The Labute approximate surface area is 148 Å². The molecule has 0 spiro atoms. The Kier molecular flexibility index (Phi) is 4.84. The average Bonchev–Trinajstić information content (AvgIpc) is 2.61. The van der Waals surface area contributed by atoms with Gasteiger partial charge in [-0.05, 0) is 55.7 Å². The first-order valence-electron chi connectivity index (χ1n) is 8.22. The molecule has 0 aliphatic rings. The zero-order valence-electron chi connectivity index (χ0n) is 14.5. The maximum atomic E-state index is 13.2. The molecule has 3 rings (SSSR count).